The van der Waals surface area contributed by atoms with Crippen molar-refractivity contribution in [2.75, 3.05) is 26.0 Å². The standard InChI is InChI=1S/C19H29F2N3O4/c1-11(23(5)6)12-9-13(20)16(14(21)10-12)22-17(26)15(7-8-25)24(18(27)28)19(2,3)4/h9-11,15,25H,7-8H2,1-6H3,(H,22,26)(H,27,28)/t11-,15+/m1/s1. The van der Waals surface area contributed by atoms with E-state index in [9.17, 15) is 28.6 Å². The first-order chi connectivity index (χ1) is 12.8. The molecule has 0 fully saturated rings. The molecular formula is C19H29F2N3O4. The van der Waals surface area contributed by atoms with Gasteiger partial charge in [0.1, 0.15) is 23.4 Å². The van der Waals surface area contributed by atoms with E-state index in [0.717, 1.165) is 17.0 Å². The molecule has 3 N–H and O–H groups in total. The van der Waals surface area contributed by atoms with Crippen LogP contribution in [0.25, 0.3) is 0 Å². The molecule has 0 heterocycles. The third kappa shape index (κ3) is 5.62. The predicted octanol–water partition coefficient (Wildman–Crippen LogP) is 3.06. The number of nitrogens with zero attached hydrogens (tertiary/aromatic N) is 2. The lowest BCUT2D eigenvalue weighted by Crippen LogP contribution is -2.55. The van der Waals surface area contributed by atoms with Crippen LogP contribution in [0.5, 0.6) is 0 Å². The van der Waals surface area contributed by atoms with E-state index in [1.807, 2.05) is 0 Å². The fourth-order valence-electron chi connectivity index (χ4n) is 2.85. The molecule has 0 spiro atoms. The molecule has 0 aliphatic carbocycles. The zero-order chi connectivity index (χ0) is 21.8. The zero-order valence-electron chi connectivity index (χ0n) is 17.1. The zero-order valence-corrected chi connectivity index (χ0v) is 17.1. The van der Waals surface area contributed by atoms with Gasteiger partial charge >= 0.3 is 6.09 Å². The minimum absolute atomic E-state index is 0.214. The van der Waals surface area contributed by atoms with Gasteiger partial charge in [-0.1, -0.05) is 0 Å². The maximum Gasteiger partial charge on any atom is 0.408 e. The van der Waals surface area contributed by atoms with Crippen LogP contribution in [0, 0.1) is 11.6 Å². The Kier molecular flexibility index (Phi) is 7.89. The number of hydrogen-bond acceptors (Lipinski definition) is 4. The Labute approximate surface area is 163 Å². The van der Waals surface area contributed by atoms with Gasteiger partial charge in [-0.2, -0.15) is 0 Å². The Morgan fingerprint density at radius 2 is 1.68 bits per heavy atom. The van der Waals surface area contributed by atoms with Gasteiger partial charge in [0, 0.05) is 24.6 Å². The van der Waals surface area contributed by atoms with Crippen molar-refractivity contribution in [2.45, 2.75) is 51.7 Å². The van der Waals surface area contributed by atoms with E-state index in [1.54, 1.807) is 46.7 Å². The van der Waals surface area contributed by atoms with E-state index in [0.29, 0.717) is 5.56 Å². The highest BCUT2D eigenvalue weighted by Gasteiger charge is 2.37. The number of aliphatic hydroxyl groups excluding tert-OH is 1. The second-order valence-electron chi connectivity index (χ2n) is 7.84. The molecular weight excluding hydrogens is 372 g/mol. The van der Waals surface area contributed by atoms with Crippen LogP contribution in [0.4, 0.5) is 19.3 Å². The monoisotopic (exact) mass is 401 g/mol. The van der Waals surface area contributed by atoms with Crippen LogP contribution >= 0.6 is 0 Å². The molecule has 0 aromatic heterocycles. The summed E-state index contributed by atoms with van der Waals surface area (Å²) in [5, 5.41) is 20.9. The summed E-state index contributed by atoms with van der Waals surface area (Å²) in [6.45, 7) is 6.05. The first-order valence-corrected chi connectivity index (χ1v) is 8.90. The van der Waals surface area contributed by atoms with Crippen molar-refractivity contribution in [1.82, 2.24) is 9.80 Å². The average Bonchev–Trinajstić information content (AvgIpc) is 2.54. The number of halogens is 2. The summed E-state index contributed by atoms with van der Waals surface area (Å²) in [4.78, 5) is 26.9. The molecule has 0 unspecified atom stereocenters. The normalized spacial score (nSPS) is 13.9. The Hall–Kier alpha value is -2.26. The van der Waals surface area contributed by atoms with Crippen LogP contribution in [0.3, 0.4) is 0 Å². The van der Waals surface area contributed by atoms with Crippen molar-refractivity contribution in [3.05, 3.63) is 29.3 Å². The molecule has 1 rings (SSSR count). The topological polar surface area (TPSA) is 93.1 Å². The summed E-state index contributed by atoms with van der Waals surface area (Å²) in [5.41, 5.74) is -1.22. The van der Waals surface area contributed by atoms with E-state index < -0.39 is 47.5 Å². The van der Waals surface area contributed by atoms with Crippen LogP contribution < -0.4 is 5.32 Å². The quantitative estimate of drug-likeness (QED) is 0.653. The average molecular weight is 401 g/mol. The molecule has 0 aliphatic rings. The summed E-state index contributed by atoms with van der Waals surface area (Å²) in [7, 11) is 3.53. The van der Waals surface area contributed by atoms with Gasteiger partial charge < -0.3 is 20.4 Å². The van der Waals surface area contributed by atoms with Crippen LogP contribution in [-0.4, -0.2) is 64.3 Å². The van der Waals surface area contributed by atoms with Gasteiger partial charge in [-0.3, -0.25) is 9.69 Å². The summed E-state index contributed by atoms with van der Waals surface area (Å²) in [6.07, 6.45) is -1.59. The second kappa shape index (κ2) is 9.29. The molecule has 0 saturated heterocycles. The number of carboxylic acid groups (broad SMARTS) is 1. The highest BCUT2D eigenvalue weighted by atomic mass is 19.1. The fourth-order valence-corrected chi connectivity index (χ4v) is 2.85. The lowest BCUT2D eigenvalue weighted by molar-refractivity contribution is -0.123. The number of rotatable bonds is 7. The smallest absolute Gasteiger partial charge is 0.408 e. The van der Waals surface area contributed by atoms with E-state index in [4.69, 9.17) is 0 Å². The summed E-state index contributed by atoms with van der Waals surface area (Å²) >= 11 is 0. The molecule has 1 aromatic rings. The molecule has 9 heteroatoms. The molecule has 7 nitrogen and oxygen atoms in total. The van der Waals surface area contributed by atoms with Gasteiger partial charge in [-0.05, 0) is 59.5 Å². The second-order valence-corrected chi connectivity index (χ2v) is 7.84. The van der Waals surface area contributed by atoms with E-state index in [1.165, 1.54) is 0 Å². The van der Waals surface area contributed by atoms with Crippen molar-refractivity contribution in [1.29, 1.82) is 0 Å². The number of hydrogen-bond donors (Lipinski definition) is 3. The van der Waals surface area contributed by atoms with Crippen molar-refractivity contribution in [2.24, 2.45) is 0 Å². The molecule has 2 amide bonds. The lowest BCUT2D eigenvalue weighted by Gasteiger charge is -2.38. The van der Waals surface area contributed by atoms with Gasteiger partial charge in [0.25, 0.3) is 0 Å². The Bertz CT molecular complexity index is 697. The number of aliphatic hydroxyl groups is 1. The number of anilines is 1. The highest BCUT2D eigenvalue weighted by molar-refractivity contribution is 5.96. The molecule has 0 radical (unpaired) electrons. The van der Waals surface area contributed by atoms with Crippen LogP contribution in [0.15, 0.2) is 12.1 Å². The molecule has 158 valence electrons. The number of carbonyl (C=O) groups is 2. The third-order valence-electron chi connectivity index (χ3n) is 4.52. The van der Waals surface area contributed by atoms with E-state index >= 15 is 0 Å². The molecule has 0 bridgehead atoms. The Morgan fingerprint density at radius 3 is 2.04 bits per heavy atom. The van der Waals surface area contributed by atoms with Crippen molar-refractivity contribution in [3.63, 3.8) is 0 Å². The fraction of sp³-hybridized carbons (Fsp3) is 0.579. The SMILES string of the molecule is C[C@H](c1cc(F)c(NC(=O)[C@H](CCO)N(C(=O)O)C(C)(C)C)c(F)c1)N(C)C. The highest BCUT2D eigenvalue weighted by Crippen LogP contribution is 2.27. The molecule has 2 atom stereocenters. The maximum atomic E-state index is 14.5. The molecule has 1 aromatic carbocycles. The maximum absolute atomic E-state index is 14.5. The predicted molar refractivity (Wildman–Crippen MR) is 102 cm³/mol. The largest absolute Gasteiger partial charge is 0.465 e. The first-order valence-electron chi connectivity index (χ1n) is 8.90. The van der Waals surface area contributed by atoms with Gasteiger partial charge in [0.15, 0.2) is 0 Å². The van der Waals surface area contributed by atoms with Gasteiger partial charge in [-0.15, -0.1) is 0 Å². The molecule has 0 saturated carbocycles. The molecule has 0 aliphatic heterocycles. The minimum Gasteiger partial charge on any atom is -0.465 e. The number of nitrogens with one attached hydrogen (secondary N) is 1. The van der Waals surface area contributed by atoms with Crippen LogP contribution in [-0.2, 0) is 4.79 Å². The van der Waals surface area contributed by atoms with Crippen LogP contribution in [0.1, 0.15) is 45.7 Å². The Balaban J connectivity index is 3.23. The molecule has 28 heavy (non-hydrogen) atoms. The lowest BCUT2D eigenvalue weighted by atomic mass is 10.0. The van der Waals surface area contributed by atoms with Crippen molar-refractivity contribution in [3.8, 4) is 0 Å². The van der Waals surface area contributed by atoms with Gasteiger partial charge in [-0.25, -0.2) is 13.6 Å². The Morgan fingerprint density at radius 1 is 1.18 bits per heavy atom. The number of carbonyl (C=O) groups excluding carboxylic acids is 1. The van der Waals surface area contributed by atoms with Gasteiger partial charge in [0.2, 0.25) is 5.91 Å². The van der Waals surface area contributed by atoms with Crippen molar-refractivity contribution >= 4 is 17.7 Å². The van der Waals surface area contributed by atoms with E-state index in [-0.39, 0.29) is 12.5 Å². The number of amides is 2. The summed E-state index contributed by atoms with van der Waals surface area (Å²) in [6, 6.07) is 0.688. The number of benzene rings is 1. The third-order valence-corrected chi connectivity index (χ3v) is 4.52. The van der Waals surface area contributed by atoms with Crippen molar-refractivity contribution < 1.29 is 28.6 Å². The minimum atomic E-state index is -1.38. The first kappa shape index (κ1) is 23.8. The van der Waals surface area contributed by atoms with E-state index in [2.05, 4.69) is 5.32 Å². The van der Waals surface area contributed by atoms with Crippen LogP contribution in [0.2, 0.25) is 0 Å². The summed E-state index contributed by atoms with van der Waals surface area (Å²) < 4.78 is 29.0. The van der Waals surface area contributed by atoms with Gasteiger partial charge in [0.05, 0.1) is 0 Å². The summed E-state index contributed by atoms with van der Waals surface area (Å²) in [5.74, 6) is -2.84.